The van der Waals surface area contributed by atoms with Crippen LogP contribution in [0.5, 0.6) is 0 Å². The molecule has 0 bridgehead atoms. The molecule has 0 radical (unpaired) electrons. The average molecular weight is 522 g/mol. The Morgan fingerprint density at radius 3 is 1.35 bits per heavy atom. The van der Waals surface area contributed by atoms with Gasteiger partial charge in [-0.1, -0.05) is 49.6 Å². The van der Waals surface area contributed by atoms with E-state index in [0.717, 1.165) is 39.1 Å². The Bertz CT molecular complexity index is 753. The van der Waals surface area contributed by atoms with Crippen LogP contribution in [0.2, 0.25) is 0 Å². The van der Waals surface area contributed by atoms with Crippen molar-refractivity contribution < 1.29 is 0 Å². The minimum absolute atomic E-state index is 0.899. The lowest BCUT2D eigenvalue weighted by Gasteiger charge is -2.11. The molecule has 0 saturated carbocycles. The molecule has 0 N–H and O–H groups in total. The number of hydrogen-bond donors (Lipinski definition) is 0. The number of rotatable bonds is 2. The average Bonchev–Trinajstić information content (AvgIpc) is 2.43. The fraction of sp³-hybridized carbons (Fsp3) is 0. The van der Waals surface area contributed by atoms with E-state index in [0.29, 0.717) is 0 Å². The molecule has 0 aromatic heterocycles. The summed E-state index contributed by atoms with van der Waals surface area (Å²) in [5, 5.41) is 4.44. The molecule has 0 nitrogen and oxygen atoms in total. The largest absolute Gasteiger partial charge is 0.0984 e. The number of halogens is 4. The van der Waals surface area contributed by atoms with Gasteiger partial charge in [0.15, 0.2) is 0 Å². The molecule has 0 fully saturated rings. The predicted molar refractivity (Wildman–Crippen MR) is 106 cm³/mol. The standard InChI is InChI=1S/C16H10Br4/c1-3-9-10(4-2)14(16(19)20)12-8-6-5-7-11(12)13(9)15(17)18/h3-8H,1-2H2. The van der Waals surface area contributed by atoms with Gasteiger partial charge in [-0.05, 0) is 85.6 Å². The minimum atomic E-state index is 0.899. The third kappa shape index (κ3) is 2.76. The molecule has 4 heteroatoms. The number of benzene rings is 2. The first-order valence-corrected chi connectivity index (χ1v) is 8.90. The van der Waals surface area contributed by atoms with Crippen molar-refractivity contribution in [3.05, 3.63) is 59.0 Å². The molecule has 2 rings (SSSR count). The van der Waals surface area contributed by atoms with Gasteiger partial charge in [0.05, 0.1) is 6.78 Å². The summed E-state index contributed by atoms with van der Waals surface area (Å²) in [4.78, 5) is 0. The molecule has 0 saturated heterocycles. The Hall–Kier alpha value is -0.160. The molecule has 2 aromatic carbocycles. The molecule has 0 aliphatic rings. The van der Waals surface area contributed by atoms with E-state index in [1.807, 2.05) is 24.3 Å². The summed E-state index contributed by atoms with van der Waals surface area (Å²) in [7, 11) is 0. The van der Waals surface area contributed by atoms with E-state index >= 15 is 0 Å². The highest BCUT2D eigenvalue weighted by atomic mass is 79.9. The summed E-state index contributed by atoms with van der Waals surface area (Å²) in [5.74, 6) is 0. The van der Waals surface area contributed by atoms with Crippen molar-refractivity contribution in [2.24, 2.45) is 0 Å². The van der Waals surface area contributed by atoms with E-state index in [1.54, 1.807) is 0 Å². The molecule has 0 atom stereocenters. The minimum Gasteiger partial charge on any atom is -0.0984 e. The second-order valence-corrected chi connectivity index (χ2v) is 9.35. The van der Waals surface area contributed by atoms with Crippen molar-refractivity contribution in [3.8, 4) is 0 Å². The van der Waals surface area contributed by atoms with Gasteiger partial charge in [-0.25, -0.2) is 0 Å². The summed E-state index contributed by atoms with van der Waals surface area (Å²) in [5.41, 5.74) is 2.07. The fourth-order valence-corrected chi connectivity index (χ4v) is 4.02. The van der Waals surface area contributed by atoms with Gasteiger partial charge in [-0.2, -0.15) is 0 Å². The summed E-state index contributed by atoms with van der Waals surface area (Å²) < 4.78 is 1.80. The summed E-state index contributed by atoms with van der Waals surface area (Å²) in [6.45, 7) is 7.89. The lowest BCUT2D eigenvalue weighted by molar-refractivity contribution is 1.55. The van der Waals surface area contributed by atoms with Crippen LogP contribution in [-0.2, 0) is 0 Å². The van der Waals surface area contributed by atoms with Gasteiger partial charge in [0.25, 0.3) is 0 Å². The molecule has 20 heavy (non-hydrogen) atoms. The smallest absolute Gasteiger partial charge is 0.0688 e. The first-order valence-electron chi connectivity index (χ1n) is 5.73. The van der Waals surface area contributed by atoms with Crippen molar-refractivity contribution in [1.82, 2.24) is 0 Å². The lowest BCUT2D eigenvalue weighted by Crippen LogP contribution is -2.21. The van der Waals surface area contributed by atoms with Crippen molar-refractivity contribution in [2.75, 3.05) is 0 Å². The normalized spacial score (nSPS) is 10.4. The second-order valence-electron chi connectivity index (χ2n) is 4.05. The maximum Gasteiger partial charge on any atom is 0.0688 e. The zero-order valence-corrected chi connectivity index (χ0v) is 16.7. The zero-order chi connectivity index (χ0) is 14.9. The van der Waals surface area contributed by atoms with E-state index in [2.05, 4.69) is 89.0 Å². The van der Waals surface area contributed by atoms with Gasteiger partial charge >= 0.3 is 0 Å². The van der Waals surface area contributed by atoms with Crippen molar-refractivity contribution in [2.45, 2.75) is 0 Å². The summed E-state index contributed by atoms with van der Waals surface area (Å²) in [6, 6.07) is 8.25. The Morgan fingerprint density at radius 2 is 1.10 bits per heavy atom. The van der Waals surface area contributed by atoms with Crippen molar-refractivity contribution in [3.63, 3.8) is 0 Å². The molecule has 0 spiro atoms. The molecule has 0 aliphatic carbocycles. The van der Waals surface area contributed by atoms with E-state index in [-0.39, 0.29) is 0 Å². The third-order valence-electron chi connectivity index (χ3n) is 3.08. The first kappa shape index (κ1) is 16.2. The zero-order valence-electron chi connectivity index (χ0n) is 10.4. The van der Waals surface area contributed by atoms with Gasteiger partial charge in [-0.15, -0.1) is 0 Å². The summed E-state index contributed by atoms with van der Waals surface area (Å²) >= 11 is 14.2. The molecule has 0 unspecified atom stereocenters. The highest BCUT2D eigenvalue weighted by Gasteiger charge is 2.11. The molecular formula is C16H10Br4. The van der Waals surface area contributed by atoms with Crippen LogP contribution in [0.1, 0.15) is 11.1 Å². The van der Waals surface area contributed by atoms with Gasteiger partial charge in [-0.3, -0.25) is 0 Å². The highest BCUT2D eigenvalue weighted by Crippen LogP contribution is 2.23. The number of fused-ring (bicyclic) bond motifs is 1. The molecule has 0 amide bonds. The van der Waals surface area contributed by atoms with Gasteiger partial charge in [0.2, 0.25) is 0 Å². The van der Waals surface area contributed by atoms with Crippen LogP contribution in [0.15, 0.2) is 37.4 Å². The Morgan fingerprint density at radius 1 is 0.750 bits per heavy atom. The fourth-order valence-electron chi connectivity index (χ4n) is 2.31. The van der Waals surface area contributed by atoms with Crippen LogP contribution in [-0.4, -0.2) is 0 Å². The van der Waals surface area contributed by atoms with E-state index in [1.165, 1.54) is 0 Å². The van der Waals surface area contributed by atoms with E-state index in [9.17, 15) is 0 Å². The first-order chi connectivity index (χ1) is 9.52. The van der Waals surface area contributed by atoms with Crippen LogP contribution in [0.3, 0.4) is 0 Å². The quantitative estimate of drug-likeness (QED) is 0.466. The Kier molecular flexibility index (Phi) is 5.46. The van der Waals surface area contributed by atoms with E-state index in [4.69, 9.17) is 0 Å². The maximum atomic E-state index is 3.95. The monoisotopic (exact) mass is 518 g/mol. The Balaban J connectivity index is 3.40. The van der Waals surface area contributed by atoms with Crippen LogP contribution in [0.25, 0.3) is 29.7 Å². The predicted octanol–water partition coefficient (Wildman–Crippen LogP) is 5.84. The molecule has 102 valence electrons. The lowest BCUT2D eigenvalue weighted by atomic mass is 9.96. The SMILES string of the molecule is C=Cc1c(C=C)c(=C(Br)Br)c2ccccc2c1=C(Br)Br. The molecule has 0 heterocycles. The molecule has 0 aliphatic heterocycles. The van der Waals surface area contributed by atoms with Crippen LogP contribution in [0, 0.1) is 0 Å². The van der Waals surface area contributed by atoms with Crippen molar-refractivity contribution >= 4 is 93.4 Å². The van der Waals surface area contributed by atoms with Crippen LogP contribution < -0.4 is 10.4 Å². The summed E-state index contributed by atoms with van der Waals surface area (Å²) in [6.07, 6.45) is 3.71. The topological polar surface area (TPSA) is 0 Å². The Labute approximate surface area is 151 Å². The highest BCUT2D eigenvalue weighted by molar-refractivity contribution is 9.34. The molecule has 2 aromatic rings. The number of hydrogen-bond acceptors (Lipinski definition) is 0. The second kappa shape index (κ2) is 6.73. The van der Waals surface area contributed by atoms with Gasteiger partial charge in [0, 0.05) is 10.4 Å². The molecular weight excluding hydrogens is 512 g/mol. The van der Waals surface area contributed by atoms with Gasteiger partial charge in [0.1, 0.15) is 0 Å². The van der Waals surface area contributed by atoms with Crippen molar-refractivity contribution in [1.29, 1.82) is 0 Å². The van der Waals surface area contributed by atoms with Crippen LogP contribution in [0.4, 0.5) is 0 Å². The van der Waals surface area contributed by atoms with Crippen LogP contribution >= 0.6 is 63.7 Å². The third-order valence-corrected chi connectivity index (χ3v) is 4.67. The van der Waals surface area contributed by atoms with Gasteiger partial charge < -0.3 is 0 Å². The van der Waals surface area contributed by atoms with E-state index < -0.39 is 0 Å². The maximum absolute atomic E-state index is 3.95.